The summed E-state index contributed by atoms with van der Waals surface area (Å²) in [6.07, 6.45) is 18.3. The molecule has 2 aromatic carbocycles. The summed E-state index contributed by atoms with van der Waals surface area (Å²) in [7, 11) is 0. The minimum atomic E-state index is 0. The van der Waals surface area contributed by atoms with Gasteiger partial charge < -0.3 is 0 Å². The van der Waals surface area contributed by atoms with Gasteiger partial charge in [-0.05, 0) is 29.2 Å². The van der Waals surface area contributed by atoms with E-state index in [-0.39, 0.29) is 29.6 Å². The van der Waals surface area contributed by atoms with E-state index in [1.165, 1.54) is 99.8 Å². The van der Waals surface area contributed by atoms with Crippen LogP contribution in [0.15, 0.2) is 42.5 Å². The Hall–Kier alpha value is -0.300. The molecule has 0 spiro atoms. The van der Waals surface area contributed by atoms with Gasteiger partial charge in [0, 0.05) is 0 Å². The van der Waals surface area contributed by atoms with Crippen molar-refractivity contribution in [3.05, 3.63) is 48.0 Å². The first-order valence-electron chi connectivity index (χ1n) is 10.4. The average molecular weight is 349 g/mol. The monoisotopic (exact) mass is 348 g/mol. The number of aryl methyl sites for hydroxylation is 1. The molecule has 0 aliphatic carbocycles. The van der Waals surface area contributed by atoms with Gasteiger partial charge in [0.2, 0.25) is 0 Å². The number of fused-ring (bicyclic) bond motifs is 1. The molecular weight excluding hydrogens is 311 g/mol. The minimum absolute atomic E-state index is 0. The number of hydrogen-bond acceptors (Lipinski definition) is 0. The maximum atomic E-state index is 2.31. The van der Waals surface area contributed by atoms with Crippen LogP contribution in [0.5, 0.6) is 0 Å². The van der Waals surface area contributed by atoms with Crippen molar-refractivity contribution in [2.75, 3.05) is 0 Å². The zero-order valence-corrected chi connectivity index (χ0v) is 15.7. The van der Waals surface area contributed by atoms with Gasteiger partial charge >= 0.3 is 29.6 Å². The van der Waals surface area contributed by atoms with Gasteiger partial charge in [-0.15, -0.1) is 0 Å². The molecule has 0 atom stereocenters. The third kappa shape index (κ3) is 9.27. The van der Waals surface area contributed by atoms with Crippen molar-refractivity contribution in [2.24, 2.45) is 0 Å². The van der Waals surface area contributed by atoms with E-state index < -0.39 is 0 Å². The van der Waals surface area contributed by atoms with E-state index in [1.54, 1.807) is 0 Å². The van der Waals surface area contributed by atoms with E-state index >= 15 is 0 Å². The summed E-state index contributed by atoms with van der Waals surface area (Å²) in [5.41, 5.74) is 1.53. The molecule has 0 aromatic heterocycles. The molecule has 1 heteroatoms. The van der Waals surface area contributed by atoms with Crippen molar-refractivity contribution in [2.45, 2.75) is 90.4 Å². The summed E-state index contributed by atoms with van der Waals surface area (Å²) in [4.78, 5) is 0. The first-order valence-corrected chi connectivity index (χ1v) is 10.4. The van der Waals surface area contributed by atoms with Gasteiger partial charge in [0.25, 0.3) is 0 Å². The van der Waals surface area contributed by atoms with Crippen LogP contribution in [0.3, 0.4) is 0 Å². The maximum absolute atomic E-state index is 2.31. The first kappa shape index (κ1) is 22.7. The summed E-state index contributed by atoms with van der Waals surface area (Å²) in [5, 5.41) is 2.83. The van der Waals surface area contributed by atoms with Crippen LogP contribution in [-0.4, -0.2) is 29.6 Å². The fourth-order valence-electron chi connectivity index (χ4n) is 3.67. The molecule has 0 fully saturated rings. The third-order valence-corrected chi connectivity index (χ3v) is 5.18. The van der Waals surface area contributed by atoms with Crippen LogP contribution in [0.4, 0.5) is 0 Å². The molecule has 25 heavy (non-hydrogen) atoms. The number of unbranched alkanes of at least 4 members (excludes halogenated alkanes) is 11. The van der Waals surface area contributed by atoms with Gasteiger partial charge in [-0.2, -0.15) is 0 Å². The fraction of sp³-hybridized carbons (Fsp3) is 0.583. The molecule has 0 N–H and O–H groups in total. The molecule has 2 rings (SSSR count). The van der Waals surface area contributed by atoms with Crippen molar-refractivity contribution >= 4 is 40.3 Å². The van der Waals surface area contributed by atoms with Crippen LogP contribution in [0.25, 0.3) is 10.8 Å². The Bertz CT molecular complexity index is 556. The predicted molar refractivity (Wildman–Crippen MR) is 116 cm³/mol. The molecule has 0 aliphatic rings. The second kappa shape index (κ2) is 14.8. The molecule has 0 saturated carbocycles. The molecule has 0 heterocycles. The Morgan fingerprint density at radius 1 is 0.560 bits per heavy atom. The topological polar surface area (TPSA) is 0 Å². The van der Waals surface area contributed by atoms with E-state index in [0.29, 0.717) is 0 Å². The number of benzene rings is 2. The summed E-state index contributed by atoms with van der Waals surface area (Å²) < 4.78 is 0. The Morgan fingerprint density at radius 2 is 1.08 bits per heavy atom. The fourth-order valence-corrected chi connectivity index (χ4v) is 3.67. The van der Waals surface area contributed by atoms with Crippen LogP contribution in [0.1, 0.15) is 89.5 Å². The zero-order chi connectivity index (χ0) is 16.9. The molecule has 0 saturated heterocycles. The Morgan fingerprint density at radius 3 is 1.72 bits per heavy atom. The van der Waals surface area contributed by atoms with E-state index in [1.807, 2.05) is 0 Å². The molecule has 0 radical (unpaired) electrons. The molecule has 0 aliphatic heterocycles. The van der Waals surface area contributed by atoms with Crippen LogP contribution >= 0.6 is 0 Å². The van der Waals surface area contributed by atoms with E-state index in [2.05, 4.69) is 49.4 Å². The van der Waals surface area contributed by atoms with E-state index in [4.69, 9.17) is 0 Å². The first-order chi connectivity index (χ1) is 11.9. The summed E-state index contributed by atoms with van der Waals surface area (Å²) in [6.45, 7) is 2.29. The number of rotatable bonds is 13. The van der Waals surface area contributed by atoms with E-state index in [0.717, 1.165) is 0 Å². The van der Waals surface area contributed by atoms with Gasteiger partial charge in [0.1, 0.15) is 0 Å². The molecule has 0 bridgehead atoms. The Labute approximate surface area is 178 Å². The molecule has 2 aromatic rings. The normalized spacial score (nSPS) is 10.8. The molecular formula is C24H37Na. The average Bonchev–Trinajstić information content (AvgIpc) is 2.63. The van der Waals surface area contributed by atoms with E-state index in [9.17, 15) is 0 Å². The van der Waals surface area contributed by atoms with Gasteiger partial charge in [0.05, 0.1) is 0 Å². The molecule has 0 amide bonds. The van der Waals surface area contributed by atoms with Gasteiger partial charge in [-0.25, -0.2) is 0 Å². The molecule has 134 valence electrons. The van der Waals surface area contributed by atoms with Gasteiger partial charge in [-0.3, -0.25) is 0 Å². The Kier molecular flexibility index (Phi) is 13.5. The second-order valence-electron chi connectivity index (χ2n) is 7.28. The zero-order valence-electron chi connectivity index (χ0n) is 15.7. The third-order valence-electron chi connectivity index (χ3n) is 5.18. The van der Waals surface area contributed by atoms with Crippen LogP contribution in [0, 0.1) is 0 Å². The van der Waals surface area contributed by atoms with Crippen molar-refractivity contribution in [3.8, 4) is 0 Å². The standard InChI is InChI=1S/C24H36.Na.H/c1-2-3-4-5-6-7-8-9-10-11-12-13-17-22-19-16-20-23-18-14-15-21-24(22)23;;/h14-16,18-21H,2-13,17H2,1H3;;. The quantitative estimate of drug-likeness (QED) is 0.261. The summed E-state index contributed by atoms with van der Waals surface area (Å²) >= 11 is 0. The molecule has 0 unspecified atom stereocenters. The number of hydrogen-bond donors (Lipinski definition) is 0. The van der Waals surface area contributed by atoms with Crippen molar-refractivity contribution in [3.63, 3.8) is 0 Å². The molecule has 0 nitrogen and oxygen atoms in total. The summed E-state index contributed by atoms with van der Waals surface area (Å²) in [6, 6.07) is 15.5. The van der Waals surface area contributed by atoms with Gasteiger partial charge in [-0.1, -0.05) is 120 Å². The Balaban J connectivity index is 0.00000312. The van der Waals surface area contributed by atoms with Crippen LogP contribution in [0.2, 0.25) is 0 Å². The van der Waals surface area contributed by atoms with Crippen LogP contribution < -0.4 is 0 Å². The van der Waals surface area contributed by atoms with Gasteiger partial charge in [0.15, 0.2) is 0 Å². The second-order valence-corrected chi connectivity index (χ2v) is 7.28. The van der Waals surface area contributed by atoms with Crippen LogP contribution in [-0.2, 0) is 6.42 Å². The van der Waals surface area contributed by atoms with Crippen molar-refractivity contribution in [1.29, 1.82) is 0 Å². The summed E-state index contributed by atoms with van der Waals surface area (Å²) in [5.74, 6) is 0. The van der Waals surface area contributed by atoms with Crippen molar-refractivity contribution < 1.29 is 0 Å². The van der Waals surface area contributed by atoms with Crippen molar-refractivity contribution in [1.82, 2.24) is 0 Å². The predicted octanol–water partition coefficient (Wildman–Crippen LogP) is 7.43. The SMILES string of the molecule is CCCCCCCCCCCCCCc1cccc2ccccc12.[NaH].